The van der Waals surface area contributed by atoms with E-state index in [9.17, 15) is 22.4 Å². The molecular weight excluding hydrogens is 469 g/mol. The minimum Gasteiger partial charge on any atom is -0.343 e. The SMILES string of the molecule is C#Cc1cccc(NC(=O)CNC(=O)c2cc(S(=O)(=O)Nc3ccc(F)cc3)ccc2Cl)c1. The van der Waals surface area contributed by atoms with E-state index in [0.29, 0.717) is 11.3 Å². The van der Waals surface area contributed by atoms with E-state index in [1.165, 1.54) is 24.3 Å². The number of carbonyl (C=O) groups is 2. The minimum atomic E-state index is -4.08. The number of carbonyl (C=O) groups excluding carboxylic acids is 2. The summed E-state index contributed by atoms with van der Waals surface area (Å²) in [6, 6.07) is 14.9. The van der Waals surface area contributed by atoms with E-state index in [2.05, 4.69) is 21.3 Å². The Bertz CT molecular complexity index is 1350. The van der Waals surface area contributed by atoms with Gasteiger partial charge in [-0.05, 0) is 60.7 Å². The number of benzene rings is 3. The molecule has 0 fully saturated rings. The summed E-state index contributed by atoms with van der Waals surface area (Å²) in [5.41, 5.74) is 1.04. The number of anilines is 2. The highest BCUT2D eigenvalue weighted by molar-refractivity contribution is 7.92. The van der Waals surface area contributed by atoms with E-state index in [-0.39, 0.29) is 27.7 Å². The van der Waals surface area contributed by atoms with Gasteiger partial charge in [0.2, 0.25) is 5.91 Å². The van der Waals surface area contributed by atoms with Gasteiger partial charge < -0.3 is 10.6 Å². The lowest BCUT2D eigenvalue weighted by atomic mass is 10.2. The fourth-order valence-corrected chi connectivity index (χ4v) is 4.01. The standard InChI is InChI=1S/C23H17ClFN3O4S/c1-2-15-4-3-5-18(12-15)27-22(29)14-26-23(30)20-13-19(10-11-21(20)24)33(31,32)28-17-8-6-16(25)7-9-17/h1,3-13,28H,14H2,(H,26,30)(H,27,29). The molecule has 3 aromatic rings. The lowest BCUT2D eigenvalue weighted by Crippen LogP contribution is -2.33. The van der Waals surface area contributed by atoms with Crippen molar-refractivity contribution in [2.24, 2.45) is 0 Å². The highest BCUT2D eigenvalue weighted by Gasteiger charge is 2.19. The van der Waals surface area contributed by atoms with Gasteiger partial charge in [-0.15, -0.1) is 6.42 Å². The van der Waals surface area contributed by atoms with Crippen LogP contribution in [0.1, 0.15) is 15.9 Å². The van der Waals surface area contributed by atoms with Crippen molar-refractivity contribution in [2.75, 3.05) is 16.6 Å². The fraction of sp³-hybridized carbons (Fsp3) is 0.0435. The van der Waals surface area contributed by atoms with Crippen LogP contribution in [0.4, 0.5) is 15.8 Å². The van der Waals surface area contributed by atoms with Gasteiger partial charge in [-0.1, -0.05) is 23.6 Å². The Labute approximate surface area is 195 Å². The van der Waals surface area contributed by atoms with E-state index in [0.717, 1.165) is 18.2 Å². The molecule has 10 heteroatoms. The molecule has 0 saturated heterocycles. The second kappa shape index (κ2) is 10.2. The number of sulfonamides is 1. The van der Waals surface area contributed by atoms with E-state index < -0.39 is 27.7 Å². The summed E-state index contributed by atoms with van der Waals surface area (Å²) in [6.45, 7) is -0.389. The summed E-state index contributed by atoms with van der Waals surface area (Å²) in [7, 11) is -4.08. The second-order valence-corrected chi connectivity index (χ2v) is 8.80. The lowest BCUT2D eigenvalue weighted by molar-refractivity contribution is -0.115. The summed E-state index contributed by atoms with van der Waals surface area (Å²) < 4.78 is 40.6. The van der Waals surface area contributed by atoms with Crippen molar-refractivity contribution >= 4 is 44.8 Å². The normalized spacial score (nSPS) is 10.7. The first kappa shape index (κ1) is 23.8. The predicted molar refractivity (Wildman–Crippen MR) is 124 cm³/mol. The number of terminal acetylenes is 1. The zero-order valence-electron chi connectivity index (χ0n) is 16.9. The van der Waals surface area contributed by atoms with Gasteiger partial charge in [0.15, 0.2) is 0 Å². The molecular formula is C23H17ClFN3O4S. The Morgan fingerprint density at radius 3 is 2.42 bits per heavy atom. The number of hydrogen-bond acceptors (Lipinski definition) is 4. The molecule has 0 aliphatic heterocycles. The molecule has 0 heterocycles. The average molecular weight is 486 g/mol. The largest absolute Gasteiger partial charge is 0.343 e. The third kappa shape index (κ3) is 6.32. The molecule has 3 rings (SSSR count). The quantitative estimate of drug-likeness (QED) is 0.444. The van der Waals surface area contributed by atoms with E-state index in [1.54, 1.807) is 24.3 Å². The maximum Gasteiger partial charge on any atom is 0.261 e. The van der Waals surface area contributed by atoms with Crippen molar-refractivity contribution in [3.05, 3.63) is 88.7 Å². The van der Waals surface area contributed by atoms with Crippen molar-refractivity contribution in [3.63, 3.8) is 0 Å². The van der Waals surface area contributed by atoms with Crippen molar-refractivity contribution in [1.29, 1.82) is 0 Å². The molecule has 0 atom stereocenters. The molecule has 0 bridgehead atoms. The highest BCUT2D eigenvalue weighted by Crippen LogP contribution is 2.23. The molecule has 0 aliphatic carbocycles. The Hall–Kier alpha value is -3.87. The van der Waals surface area contributed by atoms with Crippen LogP contribution in [-0.4, -0.2) is 26.8 Å². The maximum absolute atomic E-state index is 13.0. The van der Waals surface area contributed by atoms with Gasteiger partial charge >= 0.3 is 0 Å². The molecule has 168 valence electrons. The summed E-state index contributed by atoms with van der Waals surface area (Å²) in [5.74, 6) is 0.667. The zero-order chi connectivity index (χ0) is 24.0. The van der Waals surface area contributed by atoms with Gasteiger partial charge in [-0.2, -0.15) is 0 Å². The topological polar surface area (TPSA) is 104 Å². The molecule has 33 heavy (non-hydrogen) atoms. The molecule has 0 saturated carbocycles. The van der Waals surface area contributed by atoms with Crippen LogP contribution < -0.4 is 15.4 Å². The van der Waals surface area contributed by atoms with Crippen LogP contribution in [0.15, 0.2) is 71.6 Å². The molecule has 0 aromatic heterocycles. The van der Waals surface area contributed by atoms with Crippen molar-refractivity contribution in [1.82, 2.24) is 5.32 Å². The Morgan fingerprint density at radius 1 is 1.00 bits per heavy atom. The summed E-state index contributed by atoms with van der Waals surface area (Å²) in [4.78, 5) is 24.4. The Kier molecular flexibility index (Phi) is 7.33. The molecule has 2 amide bonds. The van der Waals surface area contributed by atoms with Crippen LogP contribution in [0.5, 0.6) is 0 Å². The third-order valence-electron chi connectivity index (χ3n) is 4.31. The van der Waals surface area contributed by atoms with Crippen LogP contribution in [-0.2, 0) is 14.8 Å². The average Bonchev–Trinajstić information content (AvgIpc) is 2.79. The minimum absolute atomic E-state index is 0.00429. The number of hydrogen-bond donors (Lipinski definition) is 3. The smallest absolute Gasteiger partial charge is 0.261 e. The first-order chi connectivity index (χ1) is 15.7. The number of amides is 2. The maximum atomic E-state index is 13.0. The fourth-order valence-electron chi connectivity index (χ4n) is 2.73. The molecule has 0 spiro atoms. The summed E-state index contributed by atoms with van der Waals surface area (Å²) in [5, 5.41) is 4.98. The van der Waals surface area contributed by atoms with Crippen LogP contribution >= 0.6 is 11.6 Å². The van der Waals surface area contributed by atoms with Gasteiger partial charge in [0.25, 0.3) is 15.9 Å². The van der Waals surface area contributed by atoms with Crippen molar-refractivity contribution < 1.29 is 22.4 Å². The number of rotatable bonds is 7. The number of halogens is 2. The van der Waals surface area contributed by atoms with Crippen LogP contribution in [0.2, 0.25) is 5.02 Å². The van der Waals surface area contributed by atoms with Gasteiger partial charge in [-0.25, -0.2) is 12.8 Å². The van der Waals surface area contributed by atoms with Crippen LogP contribution in [0.3, 0.4) is 0 Å². The first-order valence-electron chi connectivity index (χ1n) is 9.40. The Morgan fingerprint density at radius 2 is 1.73 bits per heavy atom. The molecule has 0 aliphatic rings. The monoisotopic (exact) mass is 485 g/mol. The van der Waals surface area contributed by atoms with Crippen molar-refractivity contribution in [3.8, 4) is 12.3 Å². The Balaban J connectivity index is 1.69. The second-order valence-electron chi connectivity index (χ2n) is 6.71. The van der Waals surface area contributed by atoms with Gasteiger partial charge in [-0.3, -0.25) is 14.3 Å². The van der Waals surface area contributed by atoms with Crippen LogP contribution in [0.25, 0.3) is 0 Å². The molecule has 3 aromatic carbocycles. The van der Waals surface area contributed by atoms with E-state index in [1.807, 2.05) is 0 Å². The highest BCUT2D eigenvalue weighted by atomic mass is 35.5. The molecule has 0 radical (unpaired) electrons. The summed E-state index contributed by atoms with van der Waals surface area (Å²) in [6.07, 6.45) is 5.32. The van der Waals surface area contributed by atoms with Gasteiger partial charge in [0.05, 0.1) is 22.0 Å². The third-order valence-corrected chi connectivity index (χ3v) is 6.02. The van der Waals surface area contributed by atoms with E-state index >= 15 is 0 Å². The molecule has 7 nitrogen and oxygen atoms in total. The lowest BCUT2D eigenvalue weighted by Gasteiger charge is -2.11. The first-order valence-corrected chi connectivity index (χ1v) is 11.3. The zero-order valence-corrected chi connectivity index (χ0v) is 18.5. The molecule has 0 unspecified atom stereocenters. The van der Waals surface area contributed by atoms with E-state index in [4.69, 9.17) is 18.0 Å². The number of nitrogens with one attached hydrogen (secondary N) is 3. The predicted octanol–water partition coefficient (Wildman–Crippen LogP) is 3.63. The summed E-state index contributed by atoms with van der Waals surface area (Å²) >= 11 is 6.06. The van der Waals surface area contributed by atoms with Gasteiger partial charge in [0, 0.05) is 16.9 Å². The van der Waals surface area contributed by atoms with Crippen molar-refractivity contribution in [2.45, 2.75) is 4.90 Å². The van der Waals surface area contributed by atoms with Crippen LogP contribution in [0, 0.1) is 18.2 Å². The molecule has 3 N–H and O–H groups in total. The van der Waals surface area contributed by atoms with Gasteiger partial charge in [0.1, 0.15) is 5.82 Å².